The van der Waals surface area contributed by atoms with Crippen molar-refractivity contribution in [2.24, 2.45) is 0 Å². The molecule has 0 aromatic rings. The lowest BCUT2D eigenvalue weighted by atomic mass is 10.0. The molecule has 0 spiro atoms. The Morgan fingerprint density at radius 2 is 0.696 bits per heavy atom. The number of carbonyl (C=O) groups is 1. The van der Waals surface area contributed by atoms with E-state index >= 15 is 0 Å². The highest BCUT2D eigenvalue weighted by Gasteiger charge is 2.02. The summed E-state index contributed by atoms with van der Waals surface area (Å²) >= 11 is 0. The molecule has 0 bridgehead atoms. The molecule has 0 N–H and O–H groups in total. The van der Waals surface area contributed by atoms with Gasteiger partial charge in [-0.1, -0.05) is 110 Å². The molecule has 0 aliphatic carbocycles. The third-order valence-corrected chi connectivity index (χ3v) is 4.87. The number of hydrogen-bond donors (Lipinski definition) is 0. The van der Waals surface area contributed by atoms with E-state index in [9.17, 15) is 4.79 Å². The Morgan fingerprint density at radius 3 is 1.00 bits per heavy atom. The summed E-state index contributed by atoms with van der Waals surface area (Å²) in [5.41, 5.74) is 0. The molecular formula is C22H44O. The number of carbonyl (C=O) groups excluding carboxylic acids is 1. The molecule has 1 nitrogen and oxygen atoms in total. The van der Waals surface area contributed by atoms with Gasteiger partial charge in [0.25, 0.3) is 0 Å². The van der Waals surface area contributed by atoms with Gasteiger partial charge in [0.05, 0.1) is 0 Å². The first-order valence-electron chi connectivity index (χ1n) is 10.8. The smallest absolute Gasteiger partial charge is 0.132 e. The highest BCUT2D eigenvalue weighted by atomic mass is 16.1. The van der Waals surface area contributed by atoms with Gasteiger partial charge >= 0.3 is 0 Å². The Bertz CT molecular complexity index is 234. The fraction of sp³-hybridized carbons (Fsp3) is 0.955. The average Bonchev–Trinajstić information content (AvgIpc) is 2.56. The van der Waals surface area contributed by atoms with E-state index in [0.717, 1.165) is 25.7 Å². The van der Waals surface area contributed by atoms with Gasteiger partial charge in [-0.3, -0.25) is 4.79 Å². The van der Waals surface area contributed by atoms with Crippen molar-refractivity contribution in [3.63, 3.8) is 0 Å². The van der Waals surface area contributed by atoms with E-state index in [1.807, 2.05) is 0 Å². The summed E-state index contributed by atoms with van der Waals surface area (Å²) < 4.78 is 0. The monoisotopic (exact) mass is 324 g/mol. The number of Topliss-reactive ketones (excluding diaryl/α,β-unsaturated/α-hetero) is 1. The van der Waals surface area contributed by atoms with Crippen LogP contribution >= 0.6 is 0 Å². The van der Waals surface area contributed by atoms with Crippen LogP contribution in [0.4, 0.5) is 0 Å². The fourth-order valence-electron chi connectivity index (χ4n) is 3.21. The Labute approximate surface area is 147 Å². The third-order valence-electron chi connectivity index (χ3n) is 4.87. The normalized spacial score (nSPS) is 11.0. The van der Waals surface area contributed by atoms with E-state index in [0.29, 0.717) is 5.78 Å². The molecule has 23 heavy (non-hydrogen) atoms. The van der Waals surface area contributed by atoms with E-state index in [-0.39, 0.29) is 0 Å². The molecule has 0 aliphatic heterocycles. The second-order valence-corrected chi connectivity index (χ2v) is 7.34. The zero-order valence-corrected chi connectivity index (χ0v) is 16.3. The van der Waals surface area contributed by atoms with Crippen LogP contribution in [0.2, 0.25) is 0 Å². The molecule has 0 aromatic carbocycles. The molecule has 0 amide bonds. The summed E-state index contributed by atoms with van der Waals surface area (Å²) in [6.07, 6.45) is 24.3. The van der Waals surface area contributed by atoms with Gasteiger partial charge in [-0.25, -0.2) is 0 Å². The van der Waals surface area contributed by atoms with Crippen LogP contribution in [0.5, 0.6) is 0 Å². The predicted molar refractivity (Wildman–Crippen MR) is 104 cm³/mol. The molecule has 0 radical (unpaired) electrons. The Balaban J connectivity index is 3.13. The van der Waals surface area contributed by atoms with E-state index in [2.05, 4.69) is 13.8 Å². The van der Waals surface area contributed by atoms with Crippen LogP contribution in [-0.2, 0) is 4.79 Å². The number of rotatable bonds is 19. The first-order valence-corrected chi connectivity index (χ1v) is 10.8. The number of hydrogen-bond acceptors (Lipinski definition) is 1. The zero-order valence-electron chi connectivity index (χ0n) is 16.3. The SMILES string of the molecule is CCCCCCCCCCCC(=O)CCCCCCCCCC. The first kappa shape index (κ1) is 22.7. The molecule has 138 valence electrons. The summed E-state index contributed by atoms with van der Waals surface area (Å²) in [7, 11) is 0. The lowest BCUT2D eigenvalue weighted by Gasteiger charge is -2.03. The topological polar surface area (TPSA) is 17.1 Å². The van der Waals surface area contributed by atoms with Gasteiger partial charge in [0.1, 0.15) is 5.78 Å². The molecular weight excluding hydrogens is 280 g/mol. The minimum atomic E-state index is 0.513. The summed E-state index contributed by atoms with van der Waals surface area (Å²) in [4.78, 5) is 11.8. The van der Waals surface area contributed by atoms with E-state index in [1.165, 1.54) is 96.3 Å². The Hall–Kier alpha value is -0.330. The molecule has 1 heteroatoms. The summed E-state index contributed by atoms with van der Waals surface area (Å²) in [5, 5.41) is 0. The van der Waals surface area contributed by atoms with Crippen molar-refractivity contribution in [3.8, 4) is 0 Å². The van der Waals surface area contributed by atoms with E-state index in [4.69, 9.17) is 0 Å². The van der Waals surface area contributed by atoms with Crippen molar-refractivity contribution < 1.29 is 4.79 Å². The lowest BCUT2D eigenvalue weighted by Crippen LogP contribution is -1.97. The standard InChI is InChI=1S/C22H44O/c1-3-5-7-9-11-13-15-17-19-21-22(23)20-18-16-14-12-10-8-6-4-2/h3-21H2,1-2H3. The van der Waals surface area contributed by atoms with E-state index < -0.39 is 0 Å². The zero-order chi connectivity index (χ0) is 17.0. The number of ketones is 1. The van der Waals surface area contributed by atoms with Crippen molar-refractivity contribution in [1.29, 1.82) is 0 Å². The predicted octanol–water partition coefficient (Wildman–Crippen LogP) is 8.01. The van der Waals surface area contributed by atoms with Crippen LogP contribution in [-0.4, -0.2) is 5.78 Å². The van der Waals surface area contributed by atoms with Crippen molar-refractivity contribution in [2.45, 2.75) is 136 Å². The molecule has 0 aromatic heterocycles. The largest absolute Gasteiger partial charge is 0.300 e. The lowest BCUT2D eigenvalue weighted by molar-refractivity contribution is -0.119. The number of unbranched alkanes of at least 4 members (excludes halogenated alkanes) is 15. The highest BCUT2D eigenvalue weighted by molar-refractivity contribution is 5.78. The van der Waals surface area contributed by atoms with Crippen LogP contribution in [0, 0.1) is 0 Å². The average molecular weight is 325 g/mol. The van der Waals surface area contributed by atoms with Crippen LogP contribution in [0.25, 0.3) is 0 Å². The van der Waals surface area contributed by atoms with Gasteiger partial charge in [-0.15, -0.1) is 0 Å². The van der Waals surface area contributed by atoms with Crippen molar-refractivity contribution in [2.75, 3.05) is 0 Å². The summed E-state index contributed by atoms with van der Waals surface area (Å²) in [5.74, 6) is 0.513. The second kappa shape index (κ2) is 19.7. The van der Waals surface area contributed by atoms with Crippen molar-refractivity contribution in [1.82, 2.24) is 0 Å². The maximum Gasteiger partial charge on any atom is 0.132 e. The Kier molecular flexibility index (Phi) is 19.4. The molecule has 0 saturated heterocycles. The third kappa shape index (κ3) is 19.6. The molecule has 0 heterocycles. The van der Waals surface area contributed by atoms with Crippen molar-refractivity contribution >= 4 is 5.78 Å². The molecule has 0 unspecified atom stereocenters. The van der Waals surface area contributed by atoms with Crippen LogP contribution in [0.3, 0.4) is 0 Å². The summed E-state index contributed by atoms with van der Waals surface area (Å²) in [6.45, 7) is 4.53. The van der Waals surface area contributed by atoms with Gasteiger partial charge in [0, 0.05) is 12.8 Å². The Morgan fingerprint density at radius 1 is 0.435 bits per heavy atom. The second-order valence-electron chi connectivity index (χ2n) is 7.34. The van der Waals surface area contributed by atoms with E-state index in [1.54, 1.807) is 0 Å². The van der Waals surface area contributed by atoms with Gasteiger partial charge in [0.2, 0.25) is 0 Å². The van der Waals surface area contributed by atoms with Crippen LogP contribution < -0.4 is 0 Å². The van der Waals surface area contributed by atoms with Gasteiger partial charge in [-0.2, -0.15) is 0 Å². The molecule has 0 atom stereocenters. The van der Waals surface area contributed by atoms with Crippen molar-refractivity contribution in [3.05, 3.63) is 0 Å². The molecule has 0 rings (SSSR count). The van der Waals surface area contributed by atoms with Gasteiger partial charge in [0.15, 0.2) is 0 Å². The van der Waals surface area contributed by atoms with Crippen LogP contribution in [0.15, 0.2) is 0 Å². The maximum atomic E-state index is 11.8. The fourth-order valence-corrected chi connectivity index (χ4v) is 3.21. The van der Waals surface area contributed by atoms with Gasteiger partial charge < -0.3 is 0 Å². The minimum absolute atomic E-state index is 0.513. The van der Waals surface area contributed by atoms with Crippen LogP contribution in [0.1, 0.15) is 136 Å². The summed E-state index contributed by atoms with van der Waals surface area (Å²) in [6, 6.07) is 0. The quantitative estimate of drug-likeness (QED) is 0.220. The molecule has 0 saturated carbocycles. The van der Waals surface area contributed by atoms with Gasteiger partial charge in [-0.05, 0) is 12.8 Å². The molecule has 0 aliphatic rings. The molecule has 0 fully saturated rings. The first-order chi connectivity index (χ1) is 11.3. The minimum Gasteiger partial charge on any atom is -0.300 e. The highest BCUT2D eigenvalue weighted by Crippen LogP contribution is 2.13. The maximum absolute atomic E-state index is 11.8.